The van der Waals surface area contributed by atoms with Gasteiger partial charge in [0.25, 0.3) is 0 Å². The van der Waals surface area contributed by atoms with Crippen molar-refractivity contribution in [3.63, 3.8) is 0 Å². The monoisotopic (exact) mass is 386 g/mol. The lowest BCUT2D eigenvalue weighted by atomic mass is 9.77. The van der Waals surface area contributed by atoms with Gasteiger partial charge in [0, 0.05) is 5.56 Å². The van der Waals surface area contributed by atoms with Gasteiger partial charge in [-0.1, -0.05) is 25.5 Å². The van der Waals surface area contributed by atoms with Crippen LogP contribution in [0.5, 0.6) is 0 Å². The molecule has 0 amide bonds. The Kier molecular flexibility index (Phi) is 5.54. The average molecular weight is 386 g/mol. The largest absolute Gasteiger partial charge is 0.422 e. The Labute approximate surface area is 154 Å². The zero-order chi connectivity index (χ0) is 19.8. The Morgan fingerprint density at radius 2 is 1.44 bits per heavy atom. The molecule has 0 spiro atoms. The van der Waals surface area contributed by atoms with E-state index < -0.39 is 29.2 Å². The summed E-state index contributed by atoms with van der Waals surface area (Å²) in [4.78, 5) is 0. The molecule has 1 saturated carbocycles. The van der Waals surface area contributed by atoms with Crippen LogP contribution in [0.15, 0.2) is 30.3 Å². The van der Waals surface area contributed by atoms with Gasteiger partial charge in [0.1, 0.15) is 23.0 Å². The molecule has 0 nitrogen and oxygen atoms in total. The van der Waals surface area contributed by atoms with Crippen molar-refractivity contribution in [1.82, 2.24) is 0 Å². The first-order chi connectivity index (χ1) is 12.7. The van der Waals surface area contributed by atoms with Gasteiger partial charge in [-0.25, -0.2) is 13.2 Å². The number of hydrogen-bond acceptors (Lipinski definition) is 0. The quantitative estimate of drug-likeness (QED) is 0.480. The lowest BCUT2D eigenvalue weighted by molar-refractivity contribution is -0.142. The minimum atomic E-state index is -5.15. The van der Waals surface area contributed by atoms with Crippen molar-refractivity contribution >= 4 is 0 Å². The highest BCUT2D eigenvalue weighted by atomic mass is 19.4. The molecule has 6 heteroatoms. The van der Waals surface area contributed by atoms with Crippen LogP contribution in [-0.2, 0) is 6.18 Å². The summed E-state index contributed by atoms with van der Waals surface area (Å²) in [6, 6.07) is 5.47. The van der Waals surface area contributed by atoms with Crippen LogP contribution in [0, 0.1) is 23.4 Å². The van der Waals surface area contributed by atoms with E-state index in [0.717, 1.165) is 37.7 Å². The fourth-order valence-electron chi connectivity index (χ4n) is 3.92. The van der Waals surface area contributed by atoms with Gasteiger partial charge < -0.3 is 0 Å². The van der Waals surface area contributed by atoms with Gasteiger partial charge in [0.2, 0.25) is 0 Å². The van der Waals surface area contributed by atoms with Gasteiger partial charge in [0.15, 0.2) is 0 Å². The Hall–Kier alpha value is -1.98. The smallest absolute Gasteiger partial charge is 0.206 e. The van der Waals surface area contributed by atoms with Gasteiger partial charge in [-0.05, 0) is 66.8 Å². The molecular formula is C21H20F6. The van der Waals surface area contributed by atoms with Crippen molar-refractivity contribution < 1.29 is 26.3 Å². The lowest BCUT2D eigenvalue weighted by Crippen LogP contribution is -2.13. The molecule has 0 N–H and O–H groups in total. The summed E-state index contributed by atoms with van der Waals surface area (Å²) in [5.74, 6) is -3.26. The molecule has 2 aromatic carbocycles. The molecule has 1 fully saturated rings. The second-order valence-electron chi connectivity index (χ2n) is 7.18. The molecule has 0 aromatic heterocycles. The Morgan fingerprint density at radius 3 is 1.93 bits per heavy atom. The van der Waals surface area contributed by atoms with Crippen LogP contribution in [-0.4, -0.2) is 0 Å². The SMILES string of the molecule is CCC1CCC(c2ccc(-c3cc(F)c(C(F)(F)F)c(F)c3)c(F)c2)CC1. The average Bonchev–Trinajstić information content (AvgIpc) is 2.59. The summed E-state index contributed by atoms with van der Waals surface area (Å²) in [5, 5.41) is 0. The van der Waals surface area contributed by atoms with Gasteiger partial charge in [-0.15, -0.1) is 0 Å². The maximum atomic E-state index is 14.6. The summed E-state index contributed by atoms with van der Waals surface area (Å²) in [5.41, 5.74) is -1.51. The molecular weight excluding hydrogens is 366 g/mol. The van der Waals surface area contributed by atoms with Crippen molar-refractivity contribution in [2.75, 3.05) is 0 Å². The van der Waals surface area contributed by atoms with Crippen molar-refractivity contribution in [3.8, 4) is 11.1 Å². The van der Waals surface area contributed by atoms with Crippen LogP contribution in [0.25, 0.3) is 11.1 Å². The van der Waals surface area contributed by atoms with Crippen molar-refractivity contribution in [3.05, 3.63) is 58.9 Å². The maximum Gasteiger partial charge on any atom is 0.422 e. The Balaban J connectivity index is 1.89. The number of hydrogen-bond donors (Lipinski definition) is 0. The van der Waals surface area contributed by atoms with Crippen LogP contribution in [0.2, 0.25) is 0 Å². The third-order valence-electron chi connectivity index (χ3n) is 5.53. The van der Waals surface area contributed by atoms with Crippen molar-refractivity contribution in [1.29, 1.82) is 0 Å². The van der Waals surface area contributed by atoms with Gasteiger partial charge in [-0.3, -0.25) is 0 Å². The molecule has 0 saturated heterocycles. The van der Waals surface area contributed by atoms with E-state index in [4.69, 9.17) is 0 Å². The van der Waals surface area contributed by atoms with E-state index in [2.05, 4.69) is 6.92 Å². The summed E-state index contributed by atoms with van der Waals surface area (Å²) >= 11 is 0. The molecule has 1 aliphatic rings. The van der Waals surface area contributed by atoms with Crippen LogP contribution in [0.1, 0.15) is 56.1 Å². The summed E-state index contributed by atoms with van der Waals surface area (Å²) in [6.45, 7) is 2.15. The third kappa shape index (κ3) is 4.14. The van der Waals surface area contributed by atoms with Crippen LogP contribution >= 0.6 is 0 Å². The lowest BCUT2D eigenvalue weighted by Gasteiger charge is -2.28. The molecule has 1 aliphatic carbocycles. The summed E-state index contributed by atoms with van der Waals surface area (Å²) in [7, 11) is 0. The van der Waals surface area contributed by atoms with Crippen LogP contribution in [0.4, 0.5) is 26.3 Å². The van der Waals surface area contributed by atoms with E-state index in [0.29, 0.717) is 18.1 Å². The molecule has 0 unspecified atom stereocenters. The van der Waals surface area contributed by atoms with Crippen molar-refractivity contribution in [2.24, 2.45) is 5.92 Å². The first-order valence-electron chi connectivity index (χ1n) is 9.06. The van der Waals surface area contributed by atoms with E-state index >= 15 is 0 Å². The molecule has 2 aromatic rings. The van der Waals surface area contributed by atoms with Crippen LogP contribution < -0.4 is 0 Å². The van der Waals surface area contributed by atoms with Crippen molar-refractivity contribution in [2.45, 2.75) is 51.1 Å². The predicted molar refractivity (Wildman–Crippen MR) is 91.7 cm³/mol. The molecule has 0 atom stereocenters. The first-order valence-corrected chi connectivity index (χ1v) is 9.06. The second kappa shape index (κ2) is 7.56. The zero-order valence-electron chi connectivity index (χ0n) is 14.8. The summed E-state index contributed by atoms with van der Waals surface area (Å²) in [6.07, 6.45) is 0.0683. The number of alkyl halides is 3. The van der Waals surface area contributed by atoms with E-state index in [-0.39, 0.29) is 17.0 Å². The Morgan fingerprint density at radius 1 is 0.852 bits per heavy atom. The topological polar surface area (TPSA) is 0 Å². The van der Waals surface area contributed by atoms with Crippen LogP contribution in [0.3, 0.4) is 0 Å². The minimum Gasteiger partial charge on any atom is -0.206 e. The van der Waals surface area contributed by atoms with E-state index in [9.17, 15) is 26.3 Å². The Bertz CT molecular complexity index is 793. The predicted octanol–water partition coefficient (Wildman–Crippen LogP) is 7.47. The third-order valence-corrected chi connectivity index (χ3v) is 5.53. The highest BCUT2D eigenvalue weighted by molar-refractivity contribution is 5.65. The molecule has 146 valence electrons. The summed E-state index contributed by atoms with van der Waals surface area (Å²) < 4.78 is 80.2. The van der Waals surface area contributed by atoms with Gasteiger partial charge in [0.05, 0.1) is 0 Å². The fourth-order valence-corrected chi connectivity index (χ4v) is 3.92. The molecule has 0 aliphatic heterocycles. The molecule has 0 radical (unpaired) electrons. The number of halogens is 6. The molecule has 0 bridgehead atoms. The molecule has 3 rings (SSSR count). The maximum absolute atomic E-state index is 14.6. The van der Waals surface area contributed by atoms with Gasteiger partial charge in [-0.2, -0.15) is 13.2 Å². The number of benzene rings is 2. The fraction of sp³-hybridized carbons (Fsp3) is 0.429. The van der Waals surface area contributed by atoms with E-state index in [1.165, 1.54) is 12.1 Å². The highest BCUT2D eigenvalue weighted by Crippen LogP contribution is 2.39. The standard InChI is InChI=1S/C21H20F6/c1-2-12-3-5-13(6-4-12)14-7-8-16(17(22)9-14)15-10-18(23)20(19(24)11-15)21(25,26)27/h7-13H,2-6H2,1H3. The van der Waals surface area contributed by atoms with Gasteiger partial charge >= 0.3 is 6.18 Å². The zero-order valence-corrected chi connectivity index (χ0v) is 14.8. The molecule has 0 heterocycles. The highest BCUT2D eigenvalue weighted by Gasteiger charge is 2.38. The minimum absolute atomic E-state index is 0.118. The molecule has 27 heavy (non-hydrogen) atoms. The van der Waals surface area contributed by atoms with E-state index in [1.807, 2.05) is 0 Å². The van der Waals surface area contributed by atoms with E-state index in [1.54, 1.807) is 6.07 Å². The first kappa shape index (κ1) is 19.8. The number of rotatable bonds is 3. The second-order valence-corrected chi connectivity index (χ2v) is 7.18. The normalized spacial score (nSPS) is 20.7.